The minimum Gasteiger partial charge on any atom is -0.396 e. The lowest BCUT2D eigenvalue weighted by Crippen LogP contribution is -2.30. The van der Waals surface area contributed by atoms with Crippen LogP contribution in [0.2, 0.25) is 0 Å². The molecule has 19 heavy (non-hydrogen) atoms. The van der Waals surface area contributed by atoms with Crippen molar-refractivity contribution < 1.29 is 13.5 Å². The van der Waals surface area contributed by atoms with Crippen molar-refractivity contribution in [3.63, 3.8) is 0 Å². The zero-order valence-electron chi connectivity index (χ0n) is 11.8. The quantitative estimate of drug-likeness (QED) is 0.772. The molecule has 1 unspecified atom stereocenters. The molecule has 110 valence electrons. The molecule has 0 aromatic carbocycles. The maximum Gasteiger partial charge on any atom is 0.245 e. The minimum atomic E-state index is -3.46. The van der Waals surface area contributed by atoms with E-state index in [1.165, 1.54) is 16.7 Å². The molecule has 1 atom stereocenters. The lowest BCUT2D eigenvalue weighted by atomic mass is 10.1. The zero-order valence-corrected chi connectivity index (χ0v) is 12.6. The predicted molar refractivity (Wildman–Crippen MR) is 73.2 cm³/mol. The number of nitrogens with zero attached hydrogens (tertiary/aromatic N) is 3. The Bertz CT molecular complexity index is 484. The van der Waals surface area contributed by atoms with E-state index in [0.717, 1.165) is 6.42 Å². The fraction of sp³-hybridized carbons (Fsp3) is 0.750. The van der Waals surface area contributed by atoms with Crippen LogP contribution in [0, 0.1) is 5.92 Å². The van der Waals surface area contributed by atoms with Gasteiger partial charge in [0, 0.05) is 32.9 Å². The van der Waals surface area contributed by atoms with E-state index in [-0.39, 0.29) is 11.5 Å². The fourth-order valence-corrected chi connectivity index (χ4v) is 2.92. The average molecular weight is 289 g/mol. The van der Waals surface area contributed by atoms with Crippen LogP contribution in [0.5, 0.6) is 0 Å². The first-order chi connectivity index (χ1) is 8.91. The Morgan fingerprint density at radius 2 is 2.21 bits per heavy atom. The molecule has 0 spiro atoms. The number of aliphatic hydroxyl groups excluding tert-OH is 1. The summed E-state index contributed by atoms with van der Waals surface area (Å²) in [4.78, 5) is 0.205. The highest BCUT2D eigenvalue weighted by atomic mass is 32.2. The number of hydrogen-bond donors (Lipinski definition) is 1. The third kappa shape index (κ3) is 4.29. The number of aliphatic hydroxyl groups is 1. The molecular formula is C12H23N3O3S. The maximum absolute atomic E-state index is 12.3. The molecule has 0 aliphatic rings. The second kappa shape index (κ2) is 7.02. The van der Waals surface area contributed by atoms with Gasteiger partial charge in [0.2, 0.25) is 10.0 Å². The molecule has 1 aromatic heterocycles. The summed E-state index contributed by atoms with van der Waals surface area (Å²) in [5.74, 6) is 0.323. The van der Waals surface area contributed by atoms with Gasteiger partial charge in [0.1, 0.15) is 4.90 Å². The molecule has 0 amide bonds. The Hall–Kier alpha value is -0.920. The first-order valence-electron chi connectivity index (χ1n) is 6.51. The van der Waals surface area contributed by atoms with E-state index in [2.05, 4.69) is 5.10 Å². The van der Waals surface area contributed by atoms with Crippen molar-refractivity contribution in [2.75, 3.05) is 20.2 Å². The van der Waals surface area contributed by atoms with Crippen LogP contribution >= 0.6 is 0 Å². The van der Waals surface area contributed by atoms with Crippen molar-refractivity contribution in [1.29, 1.82) is 0 Å². The standard InChI is InChI=1S/C12H23N3O3S/c1-4-11(2)9-14(3)19(17,18)12-8-13-15(10-12)6-5-7-16/h8,10-11,16H,4-7,9H2,1-3H3. The van der Waals surface area contributed by atoms with Gasteiger partial charge in [0.25, 0.3) is 0 Å². The van der Waals surface area contributed by atoms with Crippen molar-refractivity contribution in [1.82, 2.24) is 14.1 Å². The van der Waals surface area contributed by atoms with E-state index in [1.807, 2.05) is 13.8 Å². The second-order valence-corrected chi connectivity index (χ2v) is 6.86. The van der Waals surface area contributed by atoms with E-state index in [1.54, 1.807) is 11.7 Å². The summed E-state index contributed by atoms with van der Waals surface area (Å²) < 4.78 is 27.5. The largest absolute Gasteiger partial charge is 0.396 e. The summed E-state index contributed by atoms with van der Waals surface area (Å²) in [6, 6.07) is 0. The molecule has 0 aliphatic heterocycles. The number of rotatable bonds is 8. The first kappa shape index (κ1) is 16.1. The van der Waals surface area contributed by atoms with Gasteiger partial charge in [-0.15, -0.1) is 0 Å². The van der Waals surface area contributed by atoms with Crippen molar-refractivity contribution >= 4 is 10.0 Å². The van der Waals surface area contributed by atoms with Crippen molar-refractivity contribution in [2.24, 2.45) is 5.92 Å². The highest BCUT2D eigenvalue weighted by Gasteiger charge is 2.23. The molecule has 1 heterocycles. The predicted octanol–water partition coefficient (Wildman–Crippen LogP) is 0.932. The van der Waals surface area contributed by atoms with Crippen LogP contribution in [0.4, 0.5) is 0 Å². The van der Waals surface area contributed by atoms with Crippen LogP contribution in [0.25, 0.3) is 0 Å². The number of hydrogen-bond acceptors (Lipinski definition) is 4. The van der Waals surface area contributed by atoms with Gasteiger partial charge >= 0.3 is 0 Å². The summed E-state index contributed by atoms with van der Waals surface area (Å²) in [7, 11) is -1.87. The van der Waals surface area contributed by atoms with E-state index in [0.29, 0.717) is 25.4 Å². The fourth-order valence-electron chi connectivity index (χ4n) is 1.68. The SMILES string of the molecule is CCC(C)CN(C)S(=O)(=O)c1cnn(CCCO)c1. The van der Waals surface area contributed by atoms with Crippen LogP contribution < -0.4 is 0 Å². The second-order valence-electron chi connectivity index (χ2n) is 4.82. The number of aromatic nitrogens is 2. The summed E-state index contributed by atoms with van der Waals surface area (Å²) in [5.41, 5.74) is 0. The summed E-state index contributed by atoms with van der Waals surface area (Å²) >= 11 is 0. The molecule has 1 aromatic rings. The zero-order chi connectivity index (χ0) is 14.5. The third-order valence-corrected chi connectivity index (χ3v) is 4.91. The summed E-state index contributed by atoms with van der Waals surface area (Å²) in [6.45, 7) is 5.15. The number of sulfonamides is 1. The molecule has 0 saturated carbocycles. The normalized spacial score (nSPS) is 13.9. The first-order valence-corrected chi connectivity index (χ1v) is 7.95. The van der Waals surface area contributed by atoms with E-state index in [4.69, 9.17) is 5.11 Å². The molecule has 1 rings (SSSR count). The highest BCUT2D eigenvalue weighted by Crippen LogP contribution is 2.15. The van der Waals surface area contributed by atoms with E-state index < -0.39 is 10.0 Å². The van der Waals surface area contributed by atoms with Gasteiger partial charge in [0.05, 0.1) is 6.20 Å². The monoisotopic (exact) mass is 289 g/mol. The van der Waals surface area contributed by atoms with Gasteiger partial charge in [-0.3, -0.25) is 4.68 Å². The smallest absolute Gasteiger partial charge is 0.245 e. The molecule has 0 radical (unpaired) electrons. The summed E-state index contributed by atoms with van der Waals surface area (Å²) in [6.07, 6.45) is 4.37. The van der Waals surface area contributed by atoms with Crippen LogP contribution in [0.3, 0.4) is 0 Å². The maximum atomic E-state index is 12.3. The van der Waals surface area contributed by atoms with Crippen LogP contribution in [-0.2, 0) is 16.6 Å². The Balaban J connectivity index is 2.79. The van der Waals surface area contributed by atoms with Gasteiger partial charge < -0.3 is 5.11 Å². The Morgan fingerprint density at radius 3 is 2.79 bits per heavy atom. The minimum absolute atomic E-state index is 0.0653. The molecule has 0 bridgehead atoms. The lowest BCUT2D eigenvalue weighted by molar-refractivity contribution is 0.277. The van der Waals surface area contributed by atoms with Crippen LogP contribution in [0.1, 0.15) is 26.7 Å². The van der Waals surface area contributed by atoms with Crippen molar-refractivity contribution in [2.45, 2.75) is 38.1 Å². The summed E-state index contributed by atoms with van der Waals surface area (Å²) in [5, 5.41) is 12.7. The molecule has 0 saturated heterocycles. The molecule has 1 N–H and O–H groups in total. The van der Waals surface area contributed by atoms with E-state index in [9.17, 15) is 8.42 Å². The average Bonchev–Trinajstić information content (AvgIpc) is 2.85. The van der Waals surface area contributed by atoms with Crippen LogP contribution in [-0.4, -0.2) is 47.8 Å². The molecule has 0 fully saturated rings. The lowest BCUT2D eigenvalue weighted by Gasteiger charge is -2.19. The van der Waals surface area contributed by atoms with E-state index >= 15 is 0 Å². The third-order valence-electron chi connectivity index (χ3n) is 3.13. The van der Waals surface area contributed by atoms with Gasteiger partial charge in [-0.25, -0.2) is 12.7 Å². The molecule has 6 nitrogen and oxygen atoms in total. The van der Waals surface area contributed by atoms with Gasteiger partial charge in [-0.1, -0.05) is 20.3 Å². The van der Waals surface area contributed by atoms with Crippen LogP contribution in [0.15, 0.2) is 17.3 Å². The van der Waals surface area contributed by atoms with Crippen molar-refractivity contribution in [3.8, 4) is 0 Å². The van der Waals surface area contributed by atoms with Gasteiger partial charge in [-0.05, 0) is 12.3 Å². The van der Waals surface area contributed by atoms with Crippen molar-refractivity contribution in [3.05, 3.63) is 12.4 Å². The molecular weight excluding hydrogens is 266 g/mol. The topological polar surface area (TPSA) is 75.4 Å². The molecule has 7 heteroatoms. The Kier molecular flexibility index (Phi) is 5.96. The van der Waals surface area contributed by atoms with Gasteiger partial charge in [-0.2, -0.15) is 5.10 Å². The van der Waals surface area contributed by atoms with Gasteiger partial charge in [0.15, 0.2) is 0 Å². The Labute approximate surface area is 115 Å². The number of aryl methyl sites for hydroxylation is 1. The molecule has 0 aliphatic carbocycles. The Morgan fingerprint density at radius 1 is 1.53 bits per heavy atom. The highest BCUT2D eigenvalue weighted by molar-refractivity contribution is 7.89.